The molecule has 0 atom stereocenters. The number of carbonyl (C=O) groups is 4. The van der Waals surface area contributed by atoms with Crippen molar-refractivity contribution in [2.24, 2.45) is 0 Å². The smallest absolute Gasteiger partial charge is 0.337 e. The minimum Gasteiger partial charge on any atom is -0.462 e. The molecule has 34 heavy (non-hydrogen) atoms. The molecule has 0 aliphatic heterocycles. The van der Waals surface area contributed by atoms with E-state index in [4.69, 9.17) is 29.2 Å². The van der Waals surface area contributed by atoms with Crippen LogP contribution in [0.15, 0.2) is 47.6 Å². The maximum atomic E-state index is 11.9. The quantitative estimate of drug-likeness (QED) is 0.103. The van der Waals surface area contributed by atoms with Crippen LogP contribution in [-0.4, -0.2) is 73.7 Å². The number of hydrogen-bond acceptors (Lipinski definition) is 10. The first kappa shape index (κ1) is 30.8. The van der Waals surface area contributed by atoms with Crippen molar-refractivity contribution in [2.45, 2.75) is 39.5 Å². The lowest BCUT2D eigenvalue weighted by molar-refractivity contribution is -0.141. The van der Waals surface area contributed by atoms with E-state index in [1.807, 2.05) is 0 Å². The summed E-state index contributed by atoms with van der Waals surface area (Å²) in [7, 11) is 0. The van der Waals surface area contributed by atoms with Gasteiger partial charge < -0.3 is 29.2 Å². The van der Waals surface area contributed by atoms with E-state index in [2.05, 4.69) is 13.2 Å². The molecule has 0 amide bonds. The van der Waals surface area contributed by atoms with Crippen molar-refractivity contribution in [3.63, 3.8) is 0 Å². The van der Waals surface area contributed by atoms with Crippen molar-refractivity contribution in [2.75, 3.05) is 39.6 Å². The van der Waals surface area contributed by atoms with E-state index in [-0.39, 0.29) is 61.9 Å². The molecule has 0 unspecified atom stereocenters. The van der Waals surface area contributed by atoms with E-state index in [0.717, 1.165) is 12.8 Å². The molecule has 0 aromatic carbocycles. The first-order valence-corrected chi connectivity index (χ1v) is 10.8. The maximum absolute atomic E-state index is 11.9. The molecule has 0 saturated carbocycles. The summed E-state index contributed by atoms with van der Waals surface area (Å²) >= 11 is 0. The summed E-state index contributed by atoms with van der Waals surface area (Å²) in [4.78, 5) is 46.9. The highest BCUT2D eigenvalue weighted by atomic mass is 16.5. The highest BCUT2D eigenvalue weighted by Crippen LogP contribution is 2.08. The SMILES string of the molecule is C=C(C=C(C)C(=O)OCCO)C(=O)OCCCCCCOC(=O)C(=C)C=C(C)C(=O)OCCO. The van der Waals surface area contributed by atoms with Gasteiger partial charge >= 0.3 is 23.9 Å². The van der Waals surface area contributed by atoms with Crippen molar-refractivity contribution in [1.29, 1.82) is 0 Å². The van der Waals surface area contributed by atoms with Gasteiger partial charge in [0.05, 0.1) is 37.6 Å². The van der Waals surface area contributed by atoms with Gasteiger partial charge in [0, 0.05) is 11.1 Å². The first-order valence-electron chi connectivity index (χ1n) is 10.8. The van der Waals surface area contributed by atoms with Crippen LogP contribution in [0.1, 0.15) is 39.5 Å². The summed E-state index contributed by atoms with van der Waals surface area (Å²) in [5.74, 6) is -2.60. The van der Waals surface area contributed by atoms with E-state index in [1.54, 1.807) is 0 Å². The number of hydrogen-bond donors (Lipinski definition) is 2. The average Bonchev–Trinajstić information content (AvgIpc) is 2.81. The van der Waals surface area contributed by atoms with Crippen molar-refractivity contribution >= 4 is 23.9 Å². The fraction of sp³-hybridized carbons (Fsp3) is 0.500. The molecule has 0 saturated heterocycles. The molecule has 2 N–H and O–H groups in total. The Morgan fingerprint density at radius 2 is 0.912 bits per heavy atom. The molecule has 10 nitrogen and oxygen atoms in total. The van der Waals surface area contributed by atoms with E-state index >= 15 is 0 Å². The van der Waals surface area contributed by atoms with Crippen LogP contribution in [0.2, 0.25) is 0 Å². The summed E-state index contributed by atoms with van der Waals surface area (Å²) in [6.45, 7) is 9.56. The predicted molar refractivity (Wildman–Crippen MR) is 122 cm³/mol. The fourth-order valence-electron chi connectivity index (χ4n) is 2.34. The molecule has 0 aromatic rings. The van der Waals surface area contributed by atoms with Gasteiger partial charge in [-0.2, -0.15) is 0 Å². The maximum Gasteiger partial charge on any atom is 0.337 e. The number of esters is 4. The van der Waals surface area contributed by atoms with Gasteiger partial charge in [-0.1, -0.05) is 13.2 Å². The Bertz CT molecular complexity index is 726. The van der Waals surface area contributed by atoms with Crippen LogP contribution in [0.3, 0.4) is 0 Å². The first-order chi connectivity index (χ1) is 16.1. The topological polar surface area (TPSA) is 146 Å². The van der Waals surface area contributed by atoms with Crippen LogP contribution in [0, 0.1) is 0 Å². The molecule has 0 aromatic heterocycles. The van der Waals surface area contributed by atoms with Gasteiger partial charge in [0.1, 0.15) is 13.2 Å². The molecule has 190 valence electrons. The van der Waals surface area contributed by atoms with Crippen LogP contribution < -0.4 is 0 Å². The number of ether oxygens (including phenoxy) is 4. The van der Waals surface area contributed by atoms with Crippen LogP contribution >= 0.6 is 0 Å². The largest absolute Gasteiger partial charge is 0.462 e. The third kappa shape index (κ3) is 14.0. The summed E-state index contributed by atoms with van der Waals surface area (Å²) in [6, 6.07) is 0. The molecule has 0 spiro atoms. The van der Waals surface area contributed by atoms with Crippen molar-refractivity contribution in [3.8, 4) is 0 Å². The Morgan fingerprint density at radius 1 is 0.588 bits per heavy atom. The van der Waals surface area contributed by atoms with Gasteiger partial charge in [-0.25, -0.2) is 19.2 Å². The Kier molecular flexibility index (Phi) is 16.5. The van der Waals surface area contributed by atoms with E-state index in [0.29, 0.717) is 12.8 Å². The number of carbonyl (C=O) groups excluding carboxylic acids is 4. The normalized spacial score (nSPS) is 11.4. The highest BCUT2D eigenvalue weighted by Gasteiger charge is 2.12. The third-order valence-electron chi connectivity index (χ3n) is 4.10. The molecular weight excluding hydrogens is 448 g/mol. The van der Waals surface area contributed by atoms with Crippen molar-refractivity contribution in [1.82, 2.24) is 0 Å². The lowest BCUT2D eigenvalue weighted by Crippen LogP contribution is -2.12. The van der Waals surface area contributed by atoms with Crippen LogP contribution in [0.5, 0.6) is 0 Å². The Balaban J connectivity index is 4.05. The second kappa shape index (κ2) is 18.2. The minimum atomic E-state index is -0.654. The van der Waals surface area contributed by atoms with E-state index in [9.17, 15) is 19.2 Å². The standard InChI is InChI=1S/C24H34O10/c1-17(15-19(3)23(29)33-13-9-25)21(27)31-11-7-5-6-8-12-32-22(28)18(2)16-20(4)24(30)34-14-10-26/h15-16,25-26H,1-2,5-14H2,3-4H3. The second-order valence-corrected chi connectivity index (χ2v) is 7.11. The number of aliphatic hydroxyl groups excluding tert-OH is 2. The summed E-state index contributed by atoms with van der Waals surface area (Å²) in [5.41, 5.74) is 0.355. The van der Waals surface area contributed by atoms with Gasteiger partial charge in [0.2, 0.25) is 0 Å². The molecule has 0 fully saturated rings. The van der Waals surface area contributed by atoms with Crippen LogP contribution in [0.25, 0.3) is 0 Å². The zero-order chi connectivity index (χ0) is 25.9. The average molecular weight is 483 g/mol. The van der Waals surface area contributed by atoms with Gasteiger partial charge in [0.15, 0.2) is 0 Å². The van der Waals surface area contributed by atoms with Gasteiger partial charge in [-0.15, -0.1) is 0 Å². The van der Waals surface area contributed by atoms with Crippen LogP contribution in [-0.2, 0) is 38.1 Å². The molecule has 0 heterocycles. The lowest BCUT2D eigenvalue weighted by atomic mass is 10.2. The second-order valence-electron chi connectivity index (χ2n) is 7.11. The minimum absolute atomic E-state index is 0.0107. The summed E-state index contributed by atoms with van der Waals surface area (Å²) < 4.78 is 19.6. The Hall–Kier alpha value is -3.24. The molecule has 0 aliphatic rings. The fourth-order valence-corrected chi connectivity index (χ4v) is 2.34. The number of unbranched alkanes of at least 4 members (excludes halogenated alkanes) is 3. The highest BCUT2D eigenvalue weighted by molar-refractivity contribution is 5.96. The van der Waals surface area contributed by atoms with E-state index in [1.165, 1.54) is 26.0 Å². The van der Waals surface area contributed by atoms with Gasteiger partial charge in [-0.05, 0) is 51.7 Å². The summed E-state index contributed by atoms with van der Waals surface area (Å²) in [5, 5.41) is 17.3. The predicted octanol–water partition coefficient (Wildman–Crippen LogP) is 1.71. The third-order valence-corrected chi connectivity index (χ3v) is 4.10. The zero-order valence-corrected chi connectivity index (χ0v) is 19.8. The lowest BCUT2D eigenvalue weighted by Gasteiger charge is -2.07. The Morgan fingerprint density at radius 3 is 1.24 bits per heavy atom. The van der Waals surface area contributed by atoms with Crippen molar-refractivity contribution < 1.29 is 48.3 Å². The number of rotatable bonds is 17. The van der Waals surface area contributed by atoms with Crippen molar-refractivity contribution in [3.05, 3.63) is 47.6 Å². The van der Waals surface area contributed by atoms with Gasteiger partial charge in [0.25, 0.3) is 0 Å². The molecule has 0 bridgehead atoms. The molecule has 0 aliphatic carbocycles. The molecule has 0 rings (SSSR count). The van der Waals surface area contributed by atoms with Gasteiger partial charge in [-0.3, -0.25) is 0 Å². The molecule has 0 radical (unpaired) electrons. The molecule has 10 heteroatoms. The Labute approximate surface area is 199 Å². The zero-order valence-electron chi connectivity index (χ0n) is 19.8. The molecular formula is C24H34O10. The van der Waals surface area contributed by atoms with E-state index < -0.39 is 23.9 Å². The monoisotopic (exact) mass is 482 g/mol. The number of aliphatic hydroxyl groups is 2. The summed E-state index contributed by atoms with van der Waals surface area (Å²) in [6.07, 6.45) is 5.18. The van der Waals surface area contributed by atoms with Crippen LogP contribution in [0.4, 0.5) is 0 Å².